The molecule has 156 valence electrons. The summed E-state index contributed by atoms with van der Waals surface area (Å²) >= 11 is 0. The van der Waals surface area contributed by atoms with Crippen molar-refractivity contribution in [2.24, 2.45) is 5.41 Å². The van der Waals surface area contributed by atoms with Gasteiger partial charge >= 0.3 is 0 Å². The van der Waals surface area contributed by atoms with E-state index < -0.39 is 0 Å². The number of benzene rings is 1. The molecule has 28 heavy (non-hydrogen) atoms. The molecule has 1 unspecified atom stereocenters. The van der Waals surface area contributed by atoms with Crippen LogP contribution in [0.3, 0.4) is 0 Å². The summed E-state index contributed by atoms with van der Waals surface area (Å²) in [7, 11) is 0. The lowest BCUT2D eigenvalue weighted by Gasteiger charge is -2.43. The molecule has 0 bridgehead atoms. The van der Waals surface area contributed by atoms with E-state index in [2.05, 4.69) is 35.5 Å². The number of likely N-dealkylation sites (tertiary alicyclic amines) is 1. The van der Waals surface area contributed by atoms with Gasteiger partial charge in [0.15, 0.2) is 0 Å². The van der Waals surface area contributed by atoms with Crippen LogP contribution in [0.2, 0.25) is 0 Å². The largest absolute Gasteiger partial charge is 0.492 e. The van der Waals surface area contributed by atoms with Gasteiger partial charge in [-0.1, -0.05) is 39.0 Å². The Morgan fingerprint density at radius 2 is 1.79 bits per heavy atom. The third-order valence-corrected chi connectivity index (χ3v) is 5.77. The number of para-hydroxylation sites is 1. The monoisotopic (exact) mass is 387 g/mol. The van der Waals surface area contributed by atoms with Crippen molar-refractivity contribution >= 4 is 5.91 Å². The van der Waals surface area contributed by atoms with Crippen LogP contribution in [-0.2, 0) is 4.79 Å². The molecule has 5 heteroatoms. The van der Waals surface area contributed by atoms with E-state index in [4.69, 9.17) is 4.74 Å². The van der Waals surface area contributed by atoms with E-state index in [0.717, 1.165) is 64.6 Å². The van der Waals surface area contributed by atoms with Crippen LogP contribution in [0, 0.1) is 5.41 Å². The average molecular weight is 388 g/mol. The normalized spacial score (nSPS) is 22.2. The summed E-state index contributed by atoms with van der Waals surface area (Å²) in [4.78, 5) is 19.8. The number of carbonyl (C=O) groups is 1. The minimum absolute atomic E-state index is 0.0669. The molecule has 3 rings (SSSR count). The summed E-state index contributed by atoms with van der Waals surface area (Å²) in [5.74, 6) is 1.28. The summed E-state index contributed by atoms with van der Waals surface area (Å²) in [5, 5.41) is 0. The Morgan fingerprint density at radius 1 is 1.07 bits per heavy atom. The molecule has 0 saturated carbocycles. The van der Waals surface area contributed by atoms with Gasteiger partial charge in [0.2, 0.25) is 5.91 Å². The lowest BCUT2D eigenvalue weighted by molar-refractivity contribution is -0.135. The number of piperazine rings is 1. The van der Waals surface area contributed by atoms with Crippen LogP contribution in [0.5, 0.6) is 5.75 Å². The summed E-state index contributed by atoms with van der Waals surface area (Å²) in [5.41, 5.74) is 0.0669. The van der Waals surface area contributed by atoms with Gasteiger partial charge in [-0.05, 0) is 30.4 Å². The van der Waals surface area contributed by atoms with Gasteiger partial charge in [0, 0.05) is 58.3 Å². The van der Waals surface area contributed by atoms with Gasteiger partial charge in [-0.2, -0.15) is 0 Å². The second kappa shape index (κ2) is 9.75. The fraction of sp³-hybridized carbons (Fsp3) is 0.696. The molecular weight excluding hydrogens is 350 g/mol. The van der Waals surface area contributed by atoms with Crippen LogP contribution in [0.25, 0.3) is 0 Å². The van der Waals surface area contributed by atoms with E-state index >= 15 is 0 Å². The third kappa shape index (κ3) is 6.49. The third-order valence-electron chi connectivity index (χ3n) is 5.77. The number of piperidine rings is 1. The molecule has 1 atom stereocenters. The lowest BCUT2D eigenvalue weighted by atomic mass is 9.91. The van der Waals surface area contributed by atoms with E-state index in [1.54, 1.807) is 0 Å². The average Bonchev–Trinajstić information content (AvgIpc) is 2.68. The molecule has 0 N–H and O–H groups in total. The minimum atomic E-state index is 0.0669. The minimum Gasteiger partial charge on any atom is -0.492 e. The van der Waals surface area contributed by atoms with Crippen molar-refractivity contribution < 1.29 is 9.53 Å². The highest BCUT2D eigenvalue weighted by Crippen LogP contribution is 2.23. The molecule has 1 amide bonds. The molecule has 2 heterocycles. The first-order valence-electron chi connectivity index (χ1n) is 10.8. The summed E-state index contributed by atoms with van der Waals surface area (Å²) < 4.78 is 5.83. The molecule has 0 aliphatic carbocycles. The Balaban J connectivity index is 1.38. The van der Waals surface area contributed by atoms with Crippen molar-refractivity contribution in [2.75, 3.05) is 52.4 Å². The van der Waals surface area contributed by atoms with Gasteiger partial charge in [-0.15, -0.1) is 0 Å². The maximum Gasteiger partial charge on any atom is 0.223 e. The van der Waals surface area contributed by atoms with Crippen molar-refractivity contribution in [2.45, 2.75) is 46.1 Å². The Hall–Kier alpha value is -1.59. The van der Waals surface area contributed by atoms with Crippen LogP contribution in [0.1, 0.15) is 40.0 Å². The molecule has 1 aromatic rings. The standard InChI is InChI=1S/C23H37N3O2/c1-23(2,3)18-22(27)26-11-7-8-20(19-26)25-14-12-24(13-15-25)16-17-28-21-9-5-4-6-10-21/h4-6,9-10,20H,7-8,11-19H2,1-3H3. The predicted octanol–water partition coefficient (Wildman–Crippen LogP) is 3.11. The number of hydrogen-bond donors (Lipinski definition) is 0. The van der Waals surface area contributed by atoms with Crippen LogP contribution >= 0.6 is 0 Å². The number of ether oxygens (including phenoxy) is 1. The van der Waals surface area contributed by atoms with Crippen LogP contribution in [0.15, 0.2) is 30.3 Å². The predicted molar refractivity (Wildman–Crippen MR) is 114 cm³/mol. The highest BCUT2D eigenvalue weighted by molar-refractivity contribution is 5.77. The van der Waals surface area contributed by atoms with E-state index in [-0.39, 0.29) is 5.41 Å². The molecule has 0 aromatic heterocycles. The summed E-state index contributed by atoms with van der Waals surface area (Å²) in [6.45, 7) is 14.4. The second-order valence-electron chi connectivity index (χ2n) is 9.41. The summed E-state index contributed by atoms with van der Waals surface area (Å²) in [6, 6.07) is 10.6. The Morgan fingerprint density at radius 3 is 2.46 bits per heavy atom. The Labute approximate surface area is 170 Å². The molecule has 2 saturated heterocycles. The van der Waals surface area contributed by atoms with Crippen LogP contribution < -0.4 is 4.74 Å². The van der Waals surface area contributed by atoms with Gasteiger partial charge in [0.1, 0.15) is 12.4 Å². The van der Waals surface area contributed by atoms with Crippen LogP contribution in [-0.4, -0.2) is 79.1 Å². The van der Waals surface area contributed by atoms with Gasteiger partial charge in [0.25, 0.3) is 0 Å². The maximum absolute atomic E-state index is 12.6. The zero-order valence-electron chi connectivity index (χ0n) is 17.9. The first-order valence-corrected chi connectivity index (χ1v) is 10.8. The lowest BCUT2D eigenvalue weighted by Crippen LogP contribution is -2.56. The second-order valence-corrected chi connectivity index (χ2v) is 9.41. The van der Waals surface area contributed by atoms with E-state index in [1.807, 2.05) is 30.3 Å². The molecule has 5 nitrogen and oxygen atoms in total. The van der Waals surface area contributed by atoms with Crippen molar-refractivity contribution in [1.82, 2.24) is 14.7 Å². The molecular formula is C23H37N3O2. The molecule has 2 fully saturated rings. The van der Waals surface area contributed by atoms with Crippen LogP contribution in [0.4, 0.5) is 0 Å². The van der Waals surface area contributed by atoms with Crippen molar-refractivity contribution in [3.05, 3.63) is 30.3 Å². The number of rotatable bonds is 6. The number of hydrogen-bond acceptors (Lipinski definition) is 4. The topological polar surface area (TPSA) is 36.0 Å². The molecule has 0 spiro atoms. The molecule has 0 radical (unpaired) electrons. The number of amides is 1. The zero-order valence-corrected chi connectivity index (χ0v) is 17.9. The smallest absolute Gasteiger partial charge is 0.223 e. The molecule has 1 aromatic carbocycles. The highest BCUT2D eigenvalue weighted by Gasteiger charge is 2.31. The Bertz CT molecular complexity index is 606. The SMILES string of the molecule is CC(C)(C)CC(=O)N1CCCC(N2CCN(CCOc3ccccc3)CC2)C1. The fourth-order valence-corrected chi connectivity index (χ4v) is 4.21. The number of nitrogens with zero attached hydrogens (tertiary/aromatic N) is 3. The first-order chi connectivity index (χ1) is 13.4. The van der Waals surface area contributed by atoms with Gasteiger partial charge in [0.05, 0.1) is 0 Å². The van der Waals surface area contributed by atoms with Gasteiger partial charge in [-0.3, -0.25) is 14.6 Å². The van der Waals surface area contributed by atoms with E-state index in [1.165, 1.54) is 6.42 Å². The van der Waals surface area contributed by atoms with Gasteiger partial charge in [-0.25, -0.2) is 0 Å². The highest BCUT2D eigenvalue weighted by atomic mass is 16.5. The van der Waals surface area contributed by atoms with Crippen molar-refractivity contribution in [3.8, 4) is 5.75 Å². The zero-order chi connectivity index (χ0) is 20.0. The summed E-state index contributed by atoms with van der Waals surface area (Å²) in [6.07, 6.45) is 3.00. The van der Waals surface area contributed by atoms with E-state index in [0.29, 0.717) is 18.4 Å². The first kappa shape index (κ1) is 21.1. The number of carbonyl (C=O) groups excluding carboxylic acids is 1. The molecule has 2 aliphatic heterocycles. The van der Waals surface area contributed by atoms with E-state index in [9.17, 15) is 4.79 Å². The van der Waals surface area contributed by atoms with Crippen molar-refractivity contribution in [1.29, 1.82) is 0 Å². The molecule has 2 aliphatic rings. The van der Waals surface area contributed by atoms with Crippen molar-refractivity contribution in [3.63, 3.8) is 0 Å². The Kier molecular flexibility index (Phi) is 7.36. The van der Waals surface area contributed by atoms with Gasteiger partial charge < -0.3 is 9.64 Å². The fourth-order valence-electron chi connectivity index (χ4n) is 4.21. The maximum atomic E-state index is 12.6. The quantitative estimate of drug-likeness (QED) is 0.751.